The Morgan fingerprint density at radius 1 is 0.708 bits per heavy atom. The molecule has 0 unspecified atom stereocenters. The van der Waals surface area contributed by atoms with Gasteiger partial charge in [-0.15, -0.1) is 0 Å². The molecule has 7 aromatic carbocycles. The van der Waals surface area contributed by atoms with Gasteiger partial charge in [0.2, 0.25) is 0 Å². The third kappa shape index (κ3) is 7.24. The normalized spacial score (nSPS) is 15.4. The lowest BCUT2D eigenvalue weighted by Crippen LogP contribution is -2.20. The van der Waals surface area contributed by atoms with Crippen LogP contribution in [0.3, 0.4) is 0 Å². The molecule has 0 saturated carbocycles. The zero-order valence-corrected chi connectivity index (χ0v) is 38.9. The number of anilines is 4. The Hall–Kier alpha value is -7.10. The summed E-state index contributed by atoms with van der Waals surface area (Å²) in [6, 6.07) is 53.7. The van der Waals surface area contributed by atoms with Gasteiger partial charge in [-0.3, -0.25) is 0 Å². The number of hydrogen-bond donors (Lipinski definition) is 0. The summed E-state index contributed by atoms with van der Waals surface area (Å²) in [6.45, 7) is 16.3. The van der Waals surface area contributed by atoms with Crippen molar-refractivity contribution >= 4 is 55.8 Å². The molecule has 3 heteroatoms. The van der Waals surface area contributed by atoms with E-state index in [4.69, 9.17) is 4.42 Å². The van der Waals surface area contributed by atoms with Crippen molar-refractivity contribution in [1.29, 1.82) is 0 Å². The lowest BCUT2D eigenvalue weighted by atomic mass is 9.81. The quantitative estimate of drug-likeness (QED) is 0.152. The minimum atomic E-state index is -0.161. The van der Waals surface area contributed by atoms with E-state index in [-0.39, 0.29) is 5.41 Å². The van der Waals surface area contributed by atoms with Crippen LogP contribution in [-0.4, -0.2) is 6.54 Å². The van der Waals surface area contributed by atoms with E-state index < -0.39 is 0 Å². The highest BCUT2D eigenvalue weighted by Gasteiger charge is 2.38. The second-order valence-corrected chi connectivity index (χ2v) is 18.0. The van der Waals surface area contributed by atoms with Gasteiger partial charge in [0, 0.05) is 62.3 Å². The fourth-order valence-electron chi connectivity index (χ4n) is 10.5. The smallest absolute Gasteiger partial charge is 0.143 e. The lowest BCUT2D eigenvalue weighted by molar-refractivity contribution is 0.653. The van der Waals surface area contributed by atoms with Crippen LogP contribution < -0.4 is 9.80 Å². The van der Waals surface area contributed by atoms with E-state index in [0.29, 0.717) is 0 Å². The first-order valence-corrected chi connectivity index (χ1v) is 23.6. The van der Waals surface area contributed by atoms with Gasteiger partial charge in [-0.25, -0.2) is 0 Å². The third-order valence-electron chi connectivity index (χ3n) is 13.7. The number of benzene rings is 7. The Labute approximate surface area is 385 Å². The van der Waals surface area contributed by atoms with Crippen LogP contribution in [0.4, 0.5) is 22.7 Å². The molecule has 1 aliphatic heterocycles. The molecule has 0 radical (unpaired) electrons. The first-order chi connectivity index (χ1) is 31.8. The number of aryl methyl sites for hydroxylation is 2. The molecule has 8 aromatic rings. The maximum absolute atomic E-state index is 6.57. The van der Waals surface area contributed by atoms with Crippen molar-refractivity contribution in [2.45, 2.75) is 73.1 Å². The van der Waals surface area contributed by atoms with Gasteiger partial charge < -0.3 is 14.2 Å². The van der Waals surface area contributed by atoms with Crippen molar-refractivity contribution in [3.05, 3.63) is 215 Å². The summed E-state index contributed by atoms with van der Waals surface area (Å²) < 4.78 is 6.57. The minimum absolute atomic E-state index is 0.161. The third-order valence-corrected chi connectivity index (χ3v) is 13.7. The Morgan fingerprint density at radius 2 is 1.43 bits per heavy atom. The fraction of sp³-hybridized carbons (Fsp3) is 0.194. The molecular formula is C62H58N2O. The average molecular weight is 847 g/mol. The number of para-hydroxylation sites is 3. The van der Waals surface area contributed by atoms with E-state index in [2.05, 4.69) is 220 Å². The molecule has 0 N–H and O–H groups in total. The van der Waals surface area contributed by atoms with Crippen LogP contribution in [-0.2, 0) is 5.41 Å². The predicted octanol–water partition coefficient (Wildman–Crippen LogP) is 17.6. The second kappa shape index (κ2) is 17.1. The summed E-state index contributed by atoms with van der Waals surface area (Å²) in [5.74, 6) is 0. The van der Waals surface area contributed by atoms with Crippen LogP contribution in [0.1, 0.15) is 87.3 Å². The molecule has 65 heavy (non-hydrogen) atoms. The highest BCUT2D eigenvalue weighted by atomic mass is 16.3. The van der Waals surface area contributed by atoms with Crippen LogP contribution in [0.15, 0.2) is 186 Å². The first-order valence-electron chi connectivity index (χ1n) is 23.6. The zero-order chi connectivity index (χ0) is 44.8. The molecule has 0 amide bonds. The summed E-state index contributed by atoms with van der Waals surface area (Å²) >= 11 is 0. The molecule has 322 valence electrons. The molecular weight excluding hydrogens is 789 g/mol. The number of fused-ring (bicyclic) bond motifs is 8. The number of furan rings is 1. The molecule has 0 saturated heterocycles. The van der Waals surface area contributed by atoms with Crippen LogP contribution in [0.5, 0.6) is 0 Å². The molecule has 1 aromatic heterocycles. The predicted molar refractivity (Wildman–Crippen MR) is 279 cm³/mol. The van der Waals surface area contributed by atoms with Gasteiger partial charge in [-0.05, 0) is 156 Å². The second-order valence-electron chi connectivity index (χ2n) is 18.0. The largest absolute Gasteiger partial charge is 0.455 e. The summed E-state index contributed by atoms with van der Waals surface area (Å²) in [6.07, 6.45) is 14.7. The van der Waals surface area contributed by atoms with E-state index in [1.165, 1.54) is 100 Å². The van der Waals surface area contributed by atoms with E-state index in [9.17, 15) is 0 Å². The Bertz CT molecular complexity index is 3240. The van der Waals surface area contributed by atoms with Gasteiger partial charge in [-0.1, -0.05) is 144 Å². The highest BCUT2D eigenvalue weighted by molar-refractivity contribution is 6.12. The molecule has 2 aliphatic carbocycles. The van der Waals surface area contributed by atoms with Crippen LogP contribution in [0.2, 0.25) is 0 Å². The van der Waals surface area contributed by atoms with Crippen molar-refractivity contribution < 1.29 is 4.42 Å². The van der Waals surface area contributed by atoms with Crippen molar-refractivity contribution in [2.75, 3.05) is 16.3 Å². The molecule has 0 fully saturated rings. The molecule has 0 bridgehead atoms. The van der Waals surface area contributed by atoms with Crippen molar-refractivity contribution in [1.82, 2.24) is 0 Å². The van der Waals surface area contributed by atoms with E-state index in [0.717, 1.165) is 42.7 Å². The van der Waals surface area contributed by atoms with Gasteiger partial charge in [-0.2, -0.15) is 0 Å². The molecule has 0 atom stereocenters. The molecule has 2 heterocycles. The van der Waals surface area contributed by atoms with E-state index >= 15 is 0 Å². The van der Waals surface area contributed by atoms with Crippen LogP contribution >= 0.6 is 0 Å². The fourth-order valence-corrected chi connectivity index (χ4v) is 10.5. The molecule has 3 aliphatic rings. The van der Waals surface area contributed by atoms with Crippen molar-refractivity contribution in [2.24, 2.45) is 0 Å². The Kier molecular flexibility index (Phi) is 11.0. The topological polar surface area (TPSA) is 19.6 Å². The number of rotatable bonds is 8. The standard InChI is InChI=1S/C60H52N2O.C2H6/c1-6-17-41(36-45-38-61(46-18-9-7-10-19-46)56-24-15-13-22-48(45)56)42-27-32-54(39(2)34-42)62(47-20-11-8-12-21-47)55-33-28-43(35-40(55)3)44-26-29-51-53(37-44)60(4,5)52-31-30-50-49-23-14-16-25-57(49)63-59(50)58(51)52;1-2/h7-9,11-18,20-37H,6,10,19,38H2,1-5H3;1-2H3/b41-17+,45-36+;. The van der Waals surface area contributed by atoms with Gasteiger partial charge in [0.05, 0.1) is 0 Å². The maximum atomic E-state index is 6.57. The van der Waals surface area contributed by atoms with Gasteiger partial charge in [0.25, 0.3) is 0 Å². The van der Waals surface area contributed by atoms with Crippen molar-refractivity contribution in [3.63, 3.8) is 0 Å². The van der Waals surface area contributed by atoms with E-state index in [1.54, 1.807) is 0 Å². The van der Waals surface area contributed by atoms with Crippen LogP contribution in [0.25, 0.3) is 55.3 Å². The molecule has 0 spiro atoms. The Morgan fingerprint density at radius 3 is 2.20 bits per heavy atom. The number of hydrogen-bond acceptors (Lipinski definition) is 3. The number of allylic oxidation sites excluding steroid dienone is 7. The average Bonchev–Trinajstić information content (AvgIpc) is 3.98. The summed E-state index contributed by atoms with van der Waals surface area (Å²) in [4.78, 5) is 4.94. The maximum Gasteiger partial charge on any atom is 0.143 e. The monoisotopic (exact) mass is 846 g/mol. The van der Waals surface area contributed by atoms with Gasteiger partial charge in [0.1, 0.15) is 11.2 Å². The van der Waals surface area contributed by atoms with Gasteiger partial charge >= 0.3 is 0 Å². The molecule has 3 nitrogen and oxygen atoms in total. The van der Waals surface area contributed by atoms with Crippen molar-refractivity contribution in [3.8, 4) is 22.3 Å². The zero-order valence-electron chi connectivity index (χ0n) is 38.9. The minimum Gasteiger partial charge on any atom is -0.455 e. The van der Waals surface area contributed by atoms with E-state index in [1.807, 2.05) is 13.8 Å². The summed E-state index contributed by atoms with van der Waals surface area (Å²) in [5.41, 5.74) is 23.2. The first kappa shape index (κ1) is 41.9. The number of nitrogens with zero attached hydrogens (tertiary/aromatic N) is 2. The summed E-state index contributed by atoms with van der Waals surface area (Å²) in [7, 11) is 0. The SMILES string of the molecule is CC.CC/C=C(\C=C1/CN(C2=CC=CCC2)c2ccccc21)c1ccc(N(c2ccccc2)c2ccc(-c3ccc4c(c3)C(C)(C)c3ccc5c(oc6ccccc65)c3-4)cc2C)c(C)c1. The summed E-state index contributed by atoms with van der Waals surface area (Å²) in [5, 5.41) is 2.35. The lowest BCUT2D eigenvalue weighted by Gasteiger charge is -2.29. The van der Waals surface area contributed by atoms with Gasteiger partial charge in [0.15, 0.2) is 0 Å². The highest BCUT2D eigenvalue weighted by Crippen LogP contribution is 2.53. The van der Waals surface area contributed by atoms with Crippen LogP contribution in [0, 0.1) is 13.8 Å². The Balaban J connectivity index is 0.00000246. The molecule has 11 rings (SSSR count).